The van der Waals surface area contributed by atoms with Crippen LogP contribution < -0.4 is 18.9 Å². The highest BCUT2D eigenvalue weighted by Crippen LogP contribution is 2.39. The third-order valence-electron chi connectivity index (χ3n) is 12.4. The summed E-state index contributed by atoms with van der Waals surface area (Å²) in [6, 6.07) is 25.2. The largest absolute Gasteiger partial charge is 0.488 e. The summed E-state index contributed by atoms with van der Waals surface area (Å²) in [7, 11) is 1.70. The van der Waals surface area contributed by atoms with E-state index in [-0.39, 0.29) is 26.4 Å². The Hall–Kier alpha value is -7.02. The Bertz CT molecular complexity index is 2950. The number of nitrogens with zero attached hydrogens (tertiary/aromatic N) is 6. The Morgan fingerprint density at radius 2 is 1.13 bits per heavy atom. The first kappa shape index (κ1) is 48.4. The Kier molecular flexibility index (Phi) is 15.4. The number of aliphatic carboxylic acids is 2. The van der Waals surface area contributed by atoms with Crippen LogP contribution in [0.1, 0.15) is 55.6 Å². The molecule has 2 N–H and O–H groups in total. The number of aromatic nitrogens is 2. The minimum absolute atomic E-state index is 0.147. The molecule has 2 saturated heterocycles. The summed E-state index contributed by atoms with van der Waals surface area (Å²) in [4.78, 5) is 39.6. The molecule has 4 heterocycles. The van der Waals surface area contributed by atoms with Crippen LogP contribution in [0.5, 0.6) is 23.0 Å². The molecule has 4 aromatic carbocycles. The summed E-state index contributed by atoms with van der Waals surface area (Å²) >= 11 is 13.7. The minimum atomic E-state index is -0.815. The third kappa shape index (κ3) is 11.8. The van der Waals surface area contributed by atoms with Gasteiger partial charge in [0.15, 0.2) is 0 Å². The van der Waals surface area contributed by atoms with Crippen LogP contribution in [-0.2, 0) is 49.1 Å². The molecular weight excluding hydrogens is 920 g/mol. The molecular formula is C53H50Cl2N6O8. The van der Waals surface area contributed by atoms with Crippen molar-refractivity contribution in [2.24, 2.45) is 16.8 Å². The minimum Gasteiger partial charge on any atom is -0.488 e. The number of hydrogen-bond acceptors (Lipinski definition) is 12. The Morgan fingerprint density at radius 3 is 1.59 bits per heavy atom. The molecule has 2 fully saturated rings. The SMILES string of the molecule is C/N=C/c1cncc(COc2cc(OCc3cccc(-c4cccc(COc5cc(OCc6cncc(C#N)c6)c(CN6CC(C(=O)O)C6)cc5Cl)c4C)c3C)c(Cl)cc2CN2CC(C(=O)O)C2)c1. The second-order valence-electron chi connectivity index (χ2n) is 17.3. The number of pyridine rings is 2. The van der Waals surface area contributed by atoms with Crippen molar-refractivity contribution in [3.05, 3.63) is 163 Å². The van der Waals surface area contributed by atoms with E-state index in [9.17, 15) is 25.1 Å². The van der Waals surface area contributed by atoms with Gasteiger partial charge in [0, 0.05) is 117 Å². The first-order valence-corrected chi connectivity index (χ1v) is 23.0. The van der Waals surface area contributed by atoms with Gasteiger partial charge >= 0.3 is 11.9 Å². The van der Waals surface area contributed by atoms with E-state index in [1.165, 1.54) is 6.20 Å². The highest BCUT2D eigenvalue weighted by Gasteiger charge is 2.34. The maximum Gasteiger partial charge on any atom is 0.309 e. The zero-order chi connectivity index (χ0) is 48.6. The van der Waals surface area contributed by atoms with E-state index >= 15 is 0 Å². The topological polar surface area (TPSA) is 180 Å². The predicted octanol–water partition coefficient (Wildman–Crippen LogP) is 9.34. The van der Waals surface area contributed by atoms with Crippen LogP contribution in [0.2, 0.25) is 10.0 Å². The first-order valence-electron chi connectivity index (χ1n) is 22.3. The van der Waals surface area contributed by atoms with E-state index < -0.39 is 23.8 Å². The van der Waals surface area contributed by atoms with Gasteiger partial charge in [0.1, 0.15) is 55.5 Å². The molecule has 2 aliphatic rings. The molecule has 69 heavy (non-hydrogen) atoms. The van der Waals surface area contributed by atoms with E-state index in [1.807, 2.05) is 46.2 Å². The molecule has 0 unspecified atom stereocenters. The highest BCUT2D eigenvalue weighted by molar-refractivity contribution is 6.32. The lowest BCUT2D eigenvalue weighted by atomic mass is 9.92. The summed E-state index contributed by atoms with van der Waals surface area (Å²) in [6.07, 6.45) is 8.33. The maximum absolute atomic E-state index is 11.5. The summed E-state index contributed by atoms with van der Waals surface area (Å²) in [5.74, 6) is -0.457. The van der Waals surface area contributed by atoms with Gasteiger partial charge in [-0.1, -0.05) is 59.6 Å². The zero-order valence-electron chi connectivity index (χ0n) is 38.3. The number of hydrogen-bond donors (Lipinski definition) is 2. The fourth-order valence-electron chi connectivity index (χ4n) is 8.41. The van der Waals surface area contributed by atoms with Crippen molar-refractivity contribution in [3.8, 4) is 40.2 Å². The number of carboxylic acids is 2. The van der Waals surface area contributed by atoms with Crippen LogP contribution in [0.15, 0.2) is 103 Å². The lowest BCUT2D eigenvalue weighted by Gasteiger charge is -2.37. The summed E-state index contributed by atoms with van der Waals surface area (Å²) in [6.45, 7) is 7.59. The normalized spacial score (nSPS) is 14.2. The molecule has 0 amide bonds. The van der Waals surface area contributed by atoms with E-state index in [4.69, 9.17) is 42.1 Å². The number of likely N-dealkylation sites (tertiary alicyclic amines) is 2. The van der Waals surface area contributed by atoms with Gasteiger partial charge in [-0.3, -0.25) is 34.3 Å². The molecule has 0 bridgehead atoms. The smallest absolute Gasteiger partial charge is 0.309 e. The predicted molar refractivity (Wildman–Crippen MR) is 261 cm³/mol. The van der Waals surface area contributed by atoms with Gasteiger partial charge in [0.25, 0.3) is 0 Å². The molecule has 2 aromatic heterocycles. The van der Waals surface area contributed by atoms with Crippen molar-refractivity contribution in [2.45, 2.75) is 53.4 Å². The third-order valence-corrected chi connectivity index (χ3v) is 13.0. The maximum atomic E-state index is 11.5. The monoisotopic (exact) mass is 968 g/mol. The number of benzene rings is 4. The van der Waals surface area contributed by atoms with Crippen LogP contribution in [0, 0.1) is 37.0 Å². The van der Waals surface area contributed by atoms with Crippen LogP contribution >= 0.6 is 23.2 Å². The van der Waals surface area contributed by atoms with Gasteiger partial charge in [-0.05, 0) is 71.5 Å². The van der Waals surface area contributed by atoms with E-state index in [2.05, 4.69) is 47.0 Å². The lowest BCUT2D eigenvalue weighted by Crippen LogP contribution is -2.49. The molecule has 0 radical (unpaired) electrons. The number of nitriles is 1. The average molecular weight is 970 g/mol. The van der Waals surface area contributed by atoms with Crippen LogP contribution in [0.25, 0.3) is 11.1 Å². The van der Waals surface area contributed by atoms with Crippen molar-refractivity contribution in [3.63, 3.8) is 0 Å². The molecule has 2 aliphatic heterocycles. The van der Waals surface area contributed by atoms with Crippen LogP contribution in [-0.4, -0.2) is 81.4 Å². The highest BCUT2D eigenvalue weighted by atomic mass is 35.5. The summed E-state index contributed by atoms with van der Waals surface area (Å²) < 4.78 is 25.5. The zero-order valence-corrected chi connectivity index (χ0v) is 39.8. The van der Waals surface area contributed by atoms with E-state index in [0.717, 1.165) is 61.2 Å². The van der Waals surface area contributed by atoms with Gasteiger partial charge in [-0.2, -0.15) is 5.26 Å². The standard InChI is InChI=1S/C53H50Cl2N6O8/c1-32-38(30-68-50-14-48(66-28-36-10-34(16-56)18-58-20-36)40(12-46(50)54)22-60-24-42(25-60)52(62)63)6-4-8-44(32)45-9-5-7-39(33(45)2)31-69-51-15-49(67-29-37-11-35(17-57-3)19-59-21-37)41(13-47(51)55)23-61-26-43(27-61)53(64)65/h4-15,17-21,42-43H,22-31H2,1-3H3,(H,62,63)(H,64,65)/b57-17+. The average Bonchev–Trinajstić information content (AvgIpc) is 3.30. The number of ether oxygens (including phenoxy) is 4. The molecule has 354 valence electrons. The molecule has 0 saturated carbocycles. The van der Waals surface area contributed by atoms with Gasteiger partial charge in [-0.15, -0.1) is 0 Å². The van der Waals surface area contributed by atoms with Crippen LogP contribution in [0.4, 0.5) is 0 Å². The molecule has 14 nitrogen and oxygen atoms in total. The van der Waals surface area contributed by atoms with Gasteiger partial charge in [-0.25, -0.2) is 0 Å². The summed E-state index contributed by atoms with van der Waals surface area (Å²) in [5, 5.41) is 29.0. The van der Waals surface area contributed by atoms with Crippen molar-refractivity contribution in [2.75, 3.05) is 33.2 Å². The number of rotatable bonds is 20. The number of aliphatic imine (C=N–C) groups is 1. The van der Waals surface area contributed by atoms with Crippen molar-refractivity contribution >= 4 is 41.4 Å². The Balaban J connectivity index is 0.979. The first-order chi connectivity index (χ1) is 33.3. The van der Waals surface area contributed by atoms with Gasteiger partial charge in [0.2, 0.25) is 0 Å². The van der Waals surface area contributed by atoms with Crippen molar-refractivity contribution < 1.29 is 38.7 Å². The van der Waals surface area contributed by atoms with E-state index in [0.29, 0.717) is 77.9 Å². The molecule has 6 aromatic rings. The number of carbonyl (C=O) groups is 2. The molecule has 16 heteroatoms. The Labute approximate surface area is 410 Å². The number of halogens is 2. The fraction of sp³-hybridized carbons (Fsp3) is 0.283. The second kappa shape index (κ2) is 21.9. The second-order valence-corrected chi connectivity index (χ2v) is 18.1. The van der Waals surface area contributed by atoms with Gasteiger partial charge in [0.05, 0.1) is 27.4 Å². The lowest BCUT2D eigenvalue weighted by molar-refractivity contribution is -0.148. The fourth-order valence-corrected chi connectivity index (χ4v) is 8.89. The Morgan fingerprint density at radius 1 is 0.667 bits per heavy atom. The quantitative estimate of drug-likeness (QED) is 0.0692. The molecule has 8 rings (SSSR count). The van der Waals surface area contributed by atoms with Crippen molar-refractivity contribution in [1.82, 2.24) is 19.8 Å². The van der Waals surface area contributed by atoms with Crippen LogP contribution in [0.3, 0.4) is 0 Å². The van der Waals surface area contributed by atoms with Gasteiger partial charge < -0.3 is 29.2 Å². The molecule has 0 aliphatic carbocycles. The van der Waals surface area contributed by atoms with E-state index in [1.54, 1.807) is 56.1 Å². The molecule has 0 atom stereocenters. The summed E-state index contributed by atoms with van der Waals surface area (Å²) in [5.41, 5.74) is 10.5. The number of carboxylic acid groups (broad SMARTS) is 2. The van der Waals surface area contributed by atoms with Crippen molar-refractivity contribution in [1.29, 1.82) is 5.26 Å². The molecule has 0 spiro atoms.